The van der Waals surface area contributed by atoms with Gasteiger partial charge in [-0.2, -0.15) is 0 Å². The first-order chi connectivity index (χ1) is 24.9. The molecule has 17 nitrogen and oxygen atoms in total. The van der Waals surface area contributed by atoms with Crippen molar-refractivity contribution in [2.75, 3.05) is 0 Å². The molecule has 0 amide bonds. The largest absolute Gasteiger partial charge is 0.481 e. The van der Waals surface area contributed by atoms with Gasteiger partial charge in [0, 0.05) is 84.2 Å². The average molecular weight is 737 g/mol. The number of benzene rings is 3. The molecule has 278 valence electrons. The van der Waals surface area contributed by atoms with Gasteiger partial charge in [0.2, 0.25) is 5.75 Å². The lowest BCUT2D eigenvalue weighted by atomic mass is 9.93. The first kappa shape index (κ1) is 39.0. The van der Waals surface area contributed by atoms with E-state index >= 15 is 0 Å². The summed E-state index contributed by atoms with van der Waals surface area (Å²) in [6, 6.07) is 8.51. The Kier molecular flexibility index (Phi) is 12.1. The smallest absolute Gasteiger partial charge is 0.338 e. The van der Waals surface area contributed by atoms with E-state index in [1.165, 1.54) is 30.3 Å². The van der Waals surface area contributed by atoms with Crippen LogP contribution in [0.15, 0.2) is 42.5 Å². The Morgan fingerprint density at radius 2 is 0.943 bits per heavy atom. The molecule has 0 saturated heterocycles. The SMILES string of the molecule is CC(=O)Oc1cc(OC(C)=O)cc(C(=O)OC2Cc3c(OC(C)=O)cc(OC(C)=O)cc3OC2c2cc(OC(C)=O)c(OC(C)=O)c(OC(C)=O)c2)c1. The molecule has 53 heavy (non-hydrogen) atoms. The third-order valence-corrected chi connectivity index (χ3v) is 6.68. The standard InChI is InChI=1S/C36H32O17/c1-16(37)45-25-8-24(9-26(12-25)46-17(2)38)36(44)53-33-15-28-29(48-19(4)40)13-27(47-18(3)39)14-30(28)52-34(33)23-10-31(49-20(5)41)35(51-22(7)43)32(11-23)50-21(6)42/h8-14,33-34H,15H2,1-7H3. The summed E-state index contributed by atoms with van der Waals surface area (Å²) in [5.74, 6) is -8.21. The van der Waals surface area contributed by atoms with Crippen molar-refractivity contribution >= 4 is 47.8 Å². The summed E-state index contributed by atoms with van der Waals surface area (Å²) in [5, 5.41) is 0. The van der Waals surface area contributed by atoms with Crippen LogP contribution in [0.4, 0.5) is 0 Å². The first-order valence-electron chi connectivity index (χ1n) is 15.5. The maximum absolute atomic E-state index is 13.8. The molecule has 0 fully saturated rings. The van der Waals surface area contributed by atoms with Crippen molar-refractivity contribution in [3.63, 3.8) is 0 Å². The number of hydrogen-bond acceptors (Lipinski definition) is 17. The second-order valence-corrected chi connectivity index (χ2v) is 11.3. The van der Waals surface area contributed by atoms with E-state index in [1.807, 2.05) is 0 Å². The Bertz CT molecular complexity index is 1960. The van der Waals surface area contributed by atoms with Gasteiger partial charge in [0.25, 0.3) is 0 Å². The molecule has 0 N–H and O–H groups in total. The van der Waals surface area contributed by atoms with Crippen molar-refractivity contribution in [1.29, 1.82) is 0 Å². The van der Waals surface area contributed by atoms with E-state index in [0.29, 0.717) is 0 Å². The molecule has 17 heteroatoms. The molecule has 0 saturated carbocycles. The second-order valence-electron chi connectivity index (χ2n) is 11.3. The van der Waals surface area contributed by atoms with Crippen molar-refractivity contribution in [3.8, 4) is 46.0 Å². The minimum absolute atomic E-state index is 0.00145. The molecule has 1 aliphatic rings. The van der Waals surface area contributed by atoms with E-state index in [4.69, 9.17) is 42.6 Å². The van der Waals surface area contributed by atoms with Crippen LogP contribution in [0.2, 0.25) is 0 Å². The molecule has 1 aliphatic heterocycles. The Labute approximate surface area is 300 Å². The number of rotatable bonds is 10. The maximum Gasteiger partial charge on any atom is 0.338 e. The summed E-state index contributed by atoms with van der Waals surface area (Å²) < 4.78 is 48.9. The summed E-state index contributed by atoms with van der Waals surface area (Å²) >= 11 is 0. The zero-order chi connectivity index (χ0) is 39.1. The fourth-order valence-corrected chi connectivity index (χ4v) is 5.09. The Hall–Kier alpha value is -6.78. The Morgan fingerprint density at radius 3 is 1.40 bits per heavy atom. The number of carbonyl (C=O) groups is 8. The molecule has 0 radical (unpaired) electrons. The molecule has 3 aromatic rings. The Balaban J connectivity index is 1.93. The predicted octanol–water partition coefficient (Wildman–Crippen LogP) is 4.07. The maximum atomic E-state index is 13.8. The van der Waals surface area contributed by atoms with E-state index in [9.17, 15) is 38.4 Å². The van der Waals surface area contributed by atoms with Crippen LogP contribution in [0.3, 0.4) is 0 Å². The summed E-state index contributed by atoms with van der Waals surface area (Å²) in [6.45, 7) is 7.70. The van der Waals surface area contributed by atoms with Crippen LogP contribution in [-0.2, 0) is 44.7 Å². The van der Waals surface area contributed by atoms with Gasteiger partial charge in [-0.3, -0.25) is 33.6 Å². The van der Waals surface area contributed by atoms with Gasteiger partial charge in [-0.1, -0.05) is 0 Å². The van der Waals surface area contributed by atoms with Gasteiger partial charge in [0.1, 0.15) is 34.9 Å². The summed E-state index contributed by atoms with van der Waals surface area (Å²) in [7, 11) is 0. The molecular formula is C36H32O17. The van der Waals surface area contributed by atoms with Crippen LogP contribution in [0, 0.1) is 0 Å². The zero-order valence-corrected chi connectivity index (χ0v) is 29.3. The molecule has 4 rings (SSSR count). The highest BCUT2D eigenvalue weighted by molar-refractivity contribution is 5.91. The fourth-order valence-electron chi connectivity index (χ4n) is 5.09. The minimum Gasteiger partial charge on any atom is -0.481 e. The van der Waals surface area contributed by atoms with Gasteiger partial charge in [0.15, 0.2) is 17.6 Å². The van der Waals surface area contributed by atoms with Gasteiger partial charge >= 0.3 is 47.8 Å². The minimum atomic E-state index is -1.37. The molecule has 0 spiro atoms. The van der Waals surface area contributed by atoms with Gasteiger partial charge in [-0.15, -0.1) is 0 Å². The molecule has 2 unspecified atom stereocenters. The lowest BCUT2D eigenvalue weighted by molar-refractivity contribution is -0.135. The Morgan fingerprint density at radius 1 is 0.509 bits per heavy atom. The predicted molar refractivity (Wildman–Crippen MR) is 175 cm³/mol. The highest BCUT2D eigenvalue weighted by Gasteiger charge is 2.39. The monoisotopic (exact) mass is 736 g/mol. The van der Waals surface area contributed by atoms with Crippen LogP contribution in [0.25, 0.3) is 0 Å². The molecule has 0 aromatic heterocycles. The highest BCUT2D eigenvalue weighted by atomic mass is 16.6. The molecular weight excluding hydrogens is 704 g/mol. The quantitative estimate of drug-likeness (QED) is 0.211. The first-order valence-corrected chi connectivity index (χ1v) is 15.5. The summed E-state index contributed by atoms with van der Waals surface area (Å²) in [5.41, 5.74) is -0.00390. The van der Waals surface area contributed by atoms with E-state index < -0.39 is 65.7 Å². The number of esters is 8. The molecule has 0 aliphatic carbocycles. The van der Waals surface area contributed by atoms with Gasteiger partial charge < -0.3 is 42.6 Å². The number of ether oxygens (including phenoxy) is 9. The lowest BCUT2D eigenvalue weighted by Crippen LogP contribution is -2.35. The summed E-state index contributed by atoms with van der Waals surface area (Å²) in [6.07, 6.45) is -2.97. The zero-order valence-electron chi connectivity index (χ0n) is 29.3. The molecule has 2 atom stereocenters. The summed E-state index contributed by atoms with van der Waals surface area (Å²) in [4.78, 5) is 97.4. The van der Waals surface area contributed by atoms with Crippen LogP contribution >= 0.6 is 0 Å². The number of fused-ring (bicyclic) bond motifs is 1. The third-order valence-electron chi connectivity index (χ3n) is 6.68. The van der Waals surface area contributed by atoms with Gasteiger partial charge in [-0.05, 0) is 24.3 Å². The third kappa shape index (κ3) is 10.6. The van der Waals surface area contributed by atoms with Crippen LogP contribution < -0.4 is 37.9 Å². The number of hydrogen-bond donors (Lipinski definition) is 0. The van der Waals surface area contributed by atoms with Crippen LogP contribution in [0.1, 0.15) is 76.1 Å². The van der Waals surface area contributed by atoms with E-state index in [-0.39, 0.29) is 63.4 Å². The molecule has 1 heterocycles. The highest BCUT2D eigenvalue weighted by Crippen LogP contribution is 2.47. The van der Waals surface area contributed by atoms with Crippen molar-refractivity contribution in [1.82, 2.24) is 0 Å². The van der Waals surface area contributed by atoms with E-state index in [1.54, 1.807) is 0 Å². The van der Waals surface area contributed by atoms with Crippen LogP contribution in [-0.4, -0.2) is 53.9 Å². The van der Waals surface area contributed by atoms with Gasteiger partial charge in [0.05, 0.1) is 5.56 Å². The lowest BCUT2D eigenvalue weighted by Gasteiger charge is -2.34. The topological polar surface area (TPSA) is 220 Å². The molecule has 0 bridgehead atoms. The van der Waals surface area contributed by atoms with E-state index in [2.05, 4.69) is 0 Å². The number of carbonyl (C=O) groups excluding carboxylic acids is 8. The van der Waals surface area contributed by atoms with Crippen molar-refractivity contribution < 1.29 is 81.0 Å². The average Bonchev–Trinajstić information content (AvgIpc) is 3.00. The van der Waals surface area contributed by atoms with Crippen molar-refractivity contribution in [2.45, 2.75) is 67.1 Å². The second kappa shape index (κ2) is 16.5. The van der Waals surface area contributed by atoms with Crippen LogP contribution in [0.5, 0.6) is 46.0 Å². The normalized spacial score (nSPS) is 14.2. The van der Waals surface area contributed by atoms with Gasteiger partial charge in [-0.25, -0.2) is 4.79 Å². The van der Waals surface area contributed by atoms with Crippen molar-refractivity contribution in [2.24, 2.45) is 0 Å². The fraction of sp³-hybridized carbons (Fsp3) is 0.278. The van der Waals surface area contributed by atoms with Crippen molar-refractivity contribution in [3.05, 3.63) is 59.2 Å². The van der Waals surface area contributed by atoms with E-state index in [0.717, 1.165) is 60.6 Å². The molecule has 3 aromatic carbocycles.